The van der Waals surface area contributed by atoms with Gasteiger partial charge in [0.1, 0.15) is 0 Å². The number of benzene rings is 11. The lowest BCUT2D eigenvalue weighted by atomic mass is 9.74. The van der Waals surface area contributed by atoms with Gasteiger partial charge in [-0.3, -0.25) is 0 Å². The first kappa shape index (κ1) is 39.4. The topological polar surface area (TPSA) is 6.48 Å². The van der Waals surface area contributed by atoms with Crippen LogP contribution in [0.15, 0.2) is 206 Å². The Balaban J connectivity index is 1.22. The second-order valence-corrected chi connectivity index (χ2v) is 19.4. The number of rotatable bonds is 6. The molecule has 64 heavy (non-hydrogen) atoms. The van der Waals surface area contributed by atoms with Crippen molar-refractivity contribution in [3.63, 3.8) is 0 Å². The maximum Gasteiger partial charge on any atom is 0.0540 e. The molecule has 0 aliphatic rings. The molecule has 0 heterocycles. The standard InChI is InChI=1S/C62H52N2/c1-61(2,3)59-51-37-35-46(64(57-33-17-25-43-21-9-13-29-49(43)57)58-34-18-26-44-22-10-14-30-50(44)58)40-54(51)60(62(4,5)6)52-38-36-45(39-53(52)59)63(55-31-15-23-41-19-7-11-27-47(41)55)56-32-16-24-42-20-8-12-28-48(42)56/h7-40H,1-6H3. The fourth-order valence-corrected chi connectivity index (χ4v) is 10.5. The maximum atomic E-state index is 2.49. The zero-order chi connectivity index (χ0) is 43.7. The summed E-state index contributed by atoms with van der Waals surface area (Å²) in [5.41, 5.74) is 9.28. The first-order valence-electron chi connectivity index (χ1n) is 22.6. The molecular formula is C62H52N2. The van der Waals surface area contributed by atoms with Crippen LogP contribution < -0.4 is 9.80 Å². The van der Waals surface area contributed by atoms with Gasteiger partial charge in [0.15, 0.2) is 0 Å². The monoisotopic (exact) mass is 824 g/mol. The largest absolute Gasteiger partial charge is 0.309 e. The Kier molecular flexibility index (Phi) is 9.33. The molecule has 11 rings (SSSR count). The van der Waals surface area contributed by atoms with E-state index in [-0.39, 0.29) is 10.8 Å². The highest BCUT2D eigenvalue weighted by molar-refractivity contribution is 6.12. The van der Waals surface area contributed by atoms with E-state index in [4.69, 9.17) is 0 Å². The lowest BCUT2D eigenvalue weighted by molar-refractivity contribution is 0.593. The number of hydrogen-bond donors (Lipinski definition) is 0. The van der Waals surface area contributed by atoms with Crippen LogP contribution in [0.5, 0.6) is 0 Å². The van der Waals surface area contributed by atoms with Crippen LogP contribution in [0, 0.1) is 0 Å². The zero-order valence-electron chi connectivity index (χ0n) is 37.5. The molecule has 310 valence electrons. The molecule has 0 radical (unpaired) electrons. The first-order valence-corrected chi connectivity index (χ1v) is 22.6. The van der Waals surface area contributed by atoms with Gasteiger partial charge in [0, 0.05) is 32.9 Å². The molecular weight excluding hydrogens is 773 g/mol. The van der Waals surface area contributed by atoms with Crippen LogP contribution >= 0.6 is 0 Å². The fourth-order valence-electron chi connectivity index (χ4n) is 10.5. The van der Waals surface area contributed by atoms with E-state index in [1.54, 1.807) is 0 Å². The highest BCUT2D eigenvalue weighted by atomic mass is 15.2. The quantitative estimate of drug-likeness (QED) is 0.154. The molecule has 0 aromatic heterocycles. The van der Waals surface area contributed by atoms with E-state index in [0.717, 1.165) is 34.1 Å². The normalized spacial score (nSPS) is 12.2. The van der Waals surface area contributed by atoms with Gasteiger partial charge in [-0.25, -0.2) is 0 Å². The van der Waals surface area contributed by atoms with Crippen molar-refractivity contribution < 1.29 is 0 Å². The molecule has 0 saturated heterocycles. The Morgan fingerprint density at radius 3 is 0.797 bits per heavy atom. The van der Waals surface area contributed by atoms with Crippen molar-refractivity contribution in [2.24, 2.45) is 0 Å². The molecule has 0 fully saturated rings. The van der Waals surface area contributed by atoms with Crippen LogP contribution in [0.4, 0.5) is 34.1 Å². The van der Waals surface area contributed by atoms with Crippen molar-refractivity contribution >= 4 is 98.8 Å². The van der Waals surface area contributed by atoms with Gasteiger partial charge in [0.05, 0.1) is 22.7 Å². The molecule has 0 spiro atoms. The Bertz CT molecular complexity index is 3180. The average Bonchev–Trinajstić information content (AvgIpc) is 3.30. The molecule has 2 heteroatoms. The van der Waals surface area contributed by atoms with E-state index in [9.17, 15) is 0 Å². The van der Waals surface area contributed by atoms with Crippen molar-refractivity contribution in [3.8, 4) is 0 Å². The molecule has 0 saturated carbocycles. The summed E-state index contributed by atoms with van der Waals surface area (Å²) in [4.78, 5) is 4.99. The van der Waals surface area contributed by atoms with Gasteiger partial charge in [-0.05, 0) is 114 Å². The van der Waals surface area contributed by atoms with E-state index < -0.39 is 0 Å². The van der Waals surface area contributed by atoms with Gasteiger partial charge in [-0.2, -0.15) is 0 Å². The van der Waals surface area contributed by atoms with Crippen LogP contribution in [-0.4, -0.2) is 0 Å². The van der Waals surface area contributed by atoms with Gasteiger partial charge in [-0.1, -0.05) is 199 Å². The Morgan fingerprint density at radius 1 is 0.250 bits per heavy atom. The minimum Gasteiger partial charge on any atom is -0.309 e. The summed E-state index contributed by atoms with van der Waals surface area (Å²) in [6, 6.07) is 76.4. The molecule has 0 bridgehead atoms. The first-order chi connectivity index (χ1) is 31.0. The molecule has 0 atom stereocenters. The zero-order valence-corrected chi connectivity index (χ0v) is 37.5. The summed E-state index contributed by atoms with van der Waals surface area (Å²) in [6.45, 7) is 14.3. The third kappa shape index (κ3) is 6.56. The summed E-state index contributed by atoms with van der Waals surface area (Å²) < 4.78 is 0. The van der Waals surface area contributed by atoms with Crippen molar-refractivity contribution in [1.82, 2.24) is 0 Å². The Morgan fingerprint density at radius 2 is 0.516 bits per heavy atom. The second kappa shape index (κ2) is 15.1. The fraction of sp³-hybridized carbons (Fsp3) is 0.129. The lowest BCUT2D eigenvalue weighted by Gasteiger charge is -2.33. The molecule has 11 aromatic carbocycles. The number of hydrogen-bond acceptors (Lipinski definition) is 2. The maximum absolute atomic E-state index is 2.49. The summed E-state index contributed by atoms with van der Waals surface area (Å²) in [7, 11) is 0. The second-order valence-electron chi connectivity index (χ2n) is 19.4. The SMILES string of the molecule is CC(C)(C)c1c2ccc(N(c3cccc4ccccc34)c3cccc4ccccc34)cc2c(C(C)(C)C)c2ccc(N(c3cccc4ccccc34)c3cccc4ccccc34)cc12. The van der Waals surface area contributed by atoms with Crippen molar-refractivity contribution in [2.75, 3.05) is 9.80 Å². The third-order valence-electron chi connectivity index (χ3n) is 13.1. The molecule has 11 aromatic rings. The van der Waals surface area contributed by atoms with Crippen LogP contribution in [0.1, 0.15) is 52.7 Å². The van der Waals surface area contributed by atoms with Crippen LogP contribution in [0.3, 0.4) is 0 Å². The number of fused-ring (bicyclic) bond motifs is 6. The molecule has 0 unspecified atom stereocenters. The van der Waals surface area contributed by atoms with Gasteiger partial charge >= 0.3 is 0 Å². The van der Waals surface area contributed by atoms with Gasteiger partial charge in [-0.15, -0.1) is 0 Å². The molecule has 2 nitrogen and oxygen atoms in total. The van der Waals surface area contributed by atoms with E-state index in [2.05, 4.69) is 258 Å². The van der Waals surface area contributed by atoms with E-state index >= 15 is 0 Å². The predicted octanol–water partition coefficient (Wildman–Crippen LogP) is 18.1. The molecule has 0 N–H and O–H groups in total. The lowest BCUT2D eigenvalue weighted by Crippen LogP contribution is -2.19. The van der Waals surface area contributed by atoms with E-state index in [0.29, 0.717) is 0 Å². The van der Waals surface area contributed by atoms with Gasteiger partial charge < -0.3 is 9.80 Å². The van der Waals surface area contributed by atoms with E-state index in [1.807, 2.05) is 0 Å². The average molecular weight is 825 g/mol. The highest BCUT2D eigenvalue weighted by Gasteiger charge is 2.30. The summed E-state index contributed by atoms with van der Waals surface area (Å²) >= 11 is 0. The van der Waals surface area contributed by atoms with Crippen LogP contribution in [-0.2, 0) is 10.8 Å². The third-order valence-corrected chi connectivity index (χ3v) is 13.1. The minimum atomic E-state index is -0.179. The van der Waals surface area contributed by atoms with Crippen molar-refractivity contribution in [3.05, 3.63) is 217 Å². The summed E-state index contributed by atoms with van der Waals surface area (Å²) in [5, 5.41) is 14.9. The van der Waals surface area contributed by atoms with Crippen molar-refractivity contribution in [2.45, 2.75) is 52.4 Å². The molecule has 0 aliphatic carbocycles. The van der Waals surface area contributed by atoms with Gasteiger partial charge in [0.25, 0.3) is 0 Å². The van der Waals surface area contributed by atoms with Gasteiger partial charge in [0.2, 0.25) is 0 Å². The summed E-state index contributed by atoms with van der Waals surface area (Å²) in [5.74, 6) is 0. The number of anilines is 6. The predicted molar refractivity (Wildman–Crippen MR) is 278 cm³/mol. The van der Waals surface area contributed by atoms with E-state index in [1.165, 1.54) is 75.8 Å². The molecule has 0 amide bonds. The Labute approximate surface area is 376 Å². The van der Waals surface area contributed by atoms with Crippen molar-refractivity contribution in [1.29, 1.82) is 0 Å². The van der Waals surface area contributed by atoms with Crippen LogP contribution in [0.25, 0.3) is 64.6 Å². The Hall–Kier alpha value is -7.42. The summed E-state index contributed by atoms with van der Waals surface area (Å²) in [6.07, 6.45) is 0. The highest BCUT2D eigenvalue weighted by Crippen LogP contribution is 2.50. The minimum absolute atomic E-state index is 0.179. The smallest absolute Gasteiger partial charge is 0.0540 e. The number of nitrogens with zero attached hydrogens (tertiary/aromatic N) is 2. The van der Waals surface area contributed by atoms with Crippen LogP contribution in [0.2, 0.25) is 0 Å². The molecule has 0 aliphatic heterocycles.